The number of carbonyl (C=O) groups is 1. The van der Waals surface area contributed by atoms with E-state index in [4.69, 9.17) is 14.6 Å². The molecular formula is C17H19N3O7. The van der Waals surface area contributed by atoms with Crippen molar-refractivity contribution in [2.24, 2.45) is 0 Å². The number of nitrogens with zero attached hydrogens (tertiary/aromatic N) is 2. The van der Waals surface area contributed by atoms with E-state index < -0.39 is 42.7 Å². The SMILES string of the molecule is COc1ccc(C(=O)Nc2ccn([C@H]3O[C@@H](CO)[C@H](O)[C@@H]3O)c(=O)n2)cc1. The largest absolute Gasteiger partial charge is 0.497 e. The minimum Gasteiger partial charge on any atom is -0.497 e. The van der Waals surface area contributed by atoms with E-state index in [-0.39, 0.29) is 5.82 Å². The Morgan fingerprint density at radius 2 is 1.96 bits per heavy atom. The number of aromatic nitrogens is 2. The molecule has 2 heterocycles. The Balaban J connectivity index is 1.75. The maximum absolute atomic E-state index is 12.2. The van der Waals surface area contributed by atoms with Crippen molar-refractivity contribution in [3.05, 3.63) is 52.6 Å². The van der Waals surface area contributed by atoms with Crippen LogP contribution in [0.2, 0.25) is 0 Å². The van der Waals surface area contributed by atoms with E-state index in [2.05, 4.69) is 10.3 Å². The van der Waals surface area contributed by atoms with E-state index in [1.165, 1.54) is 19.4 Å². The quantitative estimate of drug-likeness (QED) is 0.526. The lowest BCUT2D eigenvalue weighted by molar-refractivity contribution is -0.0549. The molecule has 1 saturated heterocycles. The van der Waals surface area contributed by atoms with Crippen LogP contribution in [0.15, 0.2) is 41.3 Å². The summed E-state index contributed by atoms with van der Waals surface area (Å²) in [5.74, 6) is 0.157. The van der Waals surface area contributed by atoms with Gasteiger partial charge >= 0.3 is 5.69 Å². The highest BCUT2D eigenvalue weighted by atomic mass is 16.6. The number of ether oxygens (including phenoxy) is 2. The van der Waals surface area contributed by atoms with Crippen LogP contribution in [0.1, 0.15) is 16.6 Å². The standard InChI is InChI=1S/C17H19N3O7/c1-26-10-4-2-9(3-5-10)15(24)18-12-6-7-20(17(25)19-12)16-14(23)13(22)11(8-21)27-16/h2-7,11,13-14,16,21-23H,8H2,1H3,(H,18,19,24,25)/t11-,13-,14-,16-/m0/s1. The van der Waals surface area contributed by atoms with Gasteiger partial charge in [-0.05, 0) is 30.3 Å². The van der Waals surface area contributed by atoms with Crippen LogP contribution in [0.25, 0.3) is 0 Å². The summed E-state index contributed by atoms with van der Waals surface area (Å²) in [6, 6.07) is 7.74. The van der Waals surface area contributed by atoms with E-state index >= 15 is 0 Å². The van der Waals surface area contributed by atoms with Gasteiger partial charge < -0.3 is 30.1 Å². The minimum atomic E-state index is -1.40. The average Bonchev–Trinajstić information content (AvgIpc) is 2.96. The Hall–Kier alpha value is -2.79. The summed E-state index contributed by atoms with van der Waals surface area (Å²) in [5.41, 5.74) is -0.442. The molecule has 1 aromatic carbocycles. The lowest BCUT2D eigenvalue weighted by Gasteiger charge is -2.17. The normalized spacial score (nSPS) is 24.6. The molecule has 1 aliphatic rings. The van der Waals surface area contributed by atoms with Crippen molar-refractivity contribution in [1.29, 1.82) is 0 Å². The van der Waals surface area contributed by atoms with Crippen LogP contribution in [0.5, 0.6) is 5.75 Å². The molecule has 0 spiro atoms. The summed E-state index contributed by atoms with van der Waals surface area (Å²) in [6.07, 6.45) is -3.66. The summed E-state index contributed by atoms with van der Waals surface area (Å²) in [6.45, 7) is -0.507. The topological polar surface area (TPSA) is 143 Å². The average molecular weight is 377 g/mol. The molecule has 0 unspecified atom stereocenters. The molecule has 10 heteroatoms. The number of amides is 1. The maximum atomic E-state index is 12.2. The first-order valence-corrected chi connectivity index (χ1v) is 8.11. The third kappa shape index (κ3) is 3.83. The molecule has 1 aliphatic heterocycles. The number of aliphatic hydroxyl groups excluding tert-OH is 3. The molecule has 1 amide bonds. The van der Waals surface area contributed by atoms with Gasteiger partial charge in [0.2, 0.25) is 0 Å². The molecule has 0 aliphatic carbocycles. The van der Waals surface area contributed by atoms with E-state index in [9.17, 15) is 19.8 Å². The van der Waals surface area contributed by atoms with E-state index in [1.807, 2.05) is 0 Å². The monoisotopic (exact) mass is 377 g/mol. The fourth-order valence-electron chi connectivity index (χ4n) is 2.72. The molecule has 1 fully saturated rings. The van der Waals surface area contributed by atoms with Crippen molar-refractivity contribution in [3.63, 3.8) is 0 Å². The van der Waals surface area contributed by atoms with Gasteiger partial charge in [-0.25, -0.2) is 4.79 Å². The van der Waals surface area contributed by atoms with Crippen molar-refractivity contribution >= 4 is 11.7 Å². The first kappa shape index (κ1) is 19.0. The van der Waals surface area contributed by atoms with Gasteiger partial charge in [0.25, 0.3) is 5.91 Å². The maximum Gasteiger partial charge on any atom is 0.351 e. The molecule has 0 bridgehead atoms. The van der Waals surface area contributed by atoms with Crippen molar-refractivity contribution < 1.29 is 29.6 Å². The first-order valence-electron chi connectivity index (χ1n) is 8.11. The molecule has 1 aromatic heterocycles. The summed E-state index contributed by atoms with van der Waals surface area (Å²) in [5, 5.41) is 31.4. The van der Waals surface area contributed by atoms with Gasteiger partial charge in [-0.1, -0.05) is 0 Å². The van der Waals surface area contributed by atoms with Crippen LogP contribution < -0.4 is 15.7 Å². The summed E-state index contributed by atoms with van der Waals surface area (Å²) >= 11 is 0. The summed E-state index contributed by atoms with van der Waals surface area (Å²) in [4.78, 5) is 28.2. The molecule has 2 aromatic rings. The van der Waals surface area contributed by atoms with Gasteiger partial charge in [0.15, 0.2) is 6.23 Å². The number of hydrogen-bond donors (Lipinski definition) is 4. The zero-order valence-electron chi connectivity index (χ0n) is 14.3. The van der Waals surface area contributed by atoms with E-state index in [0.717, 1.165) is 4.57 Å². The van der Waals surface area contributed by atoms with Gasteiger partial charge in [0, 0.05) is 11.8 Å². The molecule has 3 rings (SSSR count). The highest BCUT2D eigenvalue weighted by molar-refractivity contribution is 6.03. The Morgan fingerprint density at radius 1 is 1.26 bits per heavy atom. The molecular weight excluding hydrogens is 358 g/mol. The molecule has 27 heavy (non-hydrogen) atoms. The molecule has 4 atom stereocenters. The third-order valence-electron chi connectivity index (χ3n) is 4.22. The van der Waals surface area contributed by atoms with Crippen molar-refractivity contribution in [2.45, 2.75) is 24.5 Å². The number of nitrogens with one attached hydrogen (secondary N) is 1. The lowest BCUT2D eigenvalue weighted by Crippen LogP contribution is -2.36. The van der Waals surface area contributed by atoms with Crippen LogP contribution in [0.4, 0.5) is 5.82 Å². The van der Waals surface area contributed by atoms with Crippen LogP contribution in [0.3, 0.4) is 0 Å². The van der Waals surface area contributed by atoms with Crippen molar-refractivity contribution in [1.82, 2.24) is 9.55 Å². The summed E-state index contributed by atoms with van der Waals surface area (Å²) < 4.78 is 11.3. The predicted molar refractivity (Wildman–Crippen MR) is 92.5 cm³/mol. The number of hydrogen-bond acceptors (Lipinski definition) is 8. The number of anilines is 1. The highest BCUT2D eigenvalue weighted by Crippen LogP contribution is 2.28. The second-order valence-electron chi connectivity index (χ2n) is 5.91. The first-order chi connectivity index (χ1) is 12.9. The number of rotatable bonds is 5. The fourth-order valence-corrected chi connectivity index (χ4v) is 2.72. The minimum absolute atomic E-state index is 0.0174. The van der Waals surface area contributed by atoms with Crippen LogP contribution in [-0.4, -0.2) is 62.8 Å². The van der Waals surface area contributed by atoms with E-state index in [1.54, 1.807) is 24.3 Å². The van der Waals surface area contributed by atoms with Crippen LogP contribution >= 0.6 is 0 Å². The van der Waals surface area contributed by atoms with Gasteiger partial charge in [-0.2, -0.15) is 4.98 Å². The highest BCUT2D eigenvalue weighted by Gasteiger charge is 2.43. The lowest BCUT2D eigenvalue weighted by atomic mass is 10.1. The molecule has 10 nitrogen and oxygen atoms in total. The fraction of sp³-hybridized carbons (Fsp3) is 0.353. The molecule has 144 valence electrons. The zero-order chi connectivity index (χ0) is 19.6. The molecule has 0 radical (unpaired) electrons. The smallest absolute Gasteiger partial charge is 0.351 e. The zero-order valence-corrected chi connectivity index (χ0v) is 14.3. The second-order valence-corrected chi connectivity index (χ2v) is 5.91. The Bertz CT molecular complexity index is 868. The molecule has 0 saturated carbocycles. The van der Waals surface area contributed by atoms with Crippen molar-refractivity contribution in [3.8, 4) is 5.75 Å². The predicted octanol–water partition coefficient (Wildman–Crippen LogP) is -0.884. The van der Waals surface area contributed by atoms with E-state index in [0.29, 0.717) is 11.3 Å². The Kier molecular flexibility index (Phi) is 5.51. The van der Waals surface area contributed by atoms with Gasteiger partial charge in [0.05, 0.1) is 13.7 Å². The number of aliphatic hydroxyl groups is 3. The Morgan fingerprint density at radius 3 is 2.52 bits per heavy atom. The third-order valence-corrected chi connectivity index (χ3v) is 4.22. The summed E-state index contributed by atoms with van der Waals surface area (Å²) in [7, 11) is 1.51. The van der Waals surface area contributed by atoms with Crippen LogP contribution in [-0.2, 0) is 4.74 Å². The number of benzene rings is 1. The van der Waals surface area contributed by atoms with Gasteiger partial charge in [-0.15, -0.1) is 0 Å². The second kappa shape index (κ2) is 7.84. The van der Waals surface area contributed by atoms with Gasteiger partial charge in [-0.3, -0.25) is 9.36 Å². The Labute approximate surface area is 153 Å². The van der Waals surface area contributed by atoms with Crippen molar-refractivity contribution in [2.75, 3.05) is 19.0 Å². The van der Waals surface area contributed by atoms with Crippen LogP contribution in [0, 0.1) is 0 Å². The number of methoxy groups -OCH3 is 1. The molecule has 4 N–H and O–H groups in total. The number of carbonyl (C=O) groups excluding carboxylic acids is 1. The van der Waals surface area contributed by atoms with Gasteiger partial charge in [0.1, 0.15) is 29.9 Å².